The van der Waals surface area contributed by atoms with Crippen molar-refractivity contribution >= 4 is 35.3 Å². The van der Waals surface area contributed by atoms with Crippen molar-refractivity contribution in [2.45, 2.75) is 19.9 Å². The molecule has 0 saturated heterocycles. The van der Waals surface area contributed by atoms with E-state index in [1.54, 1.807) is 19.9 Å². The normalized spacial score (nSPS) is 13.2. The van der Waals surface area contributed by atoms with Crippen LogP contribution < -0.4 is 20.1 Å². The summed E-state index contributed by atoms with van der Waals surface area (Å²) in [7, 11) is 4.28. The van der Waals surface area contributed by atoms with Crippen molar-refractivity contribution in [3.8, 4) is 11.5 Å². The van der Waals surface area contributed by atoms with Crippen molar-refractivity contribution in [3.05, 3.63) is 53.1 Å². The molecule has 1 aliphatic rings. The Labute approximate surface area is 207 Å². The van der Waals surface area contributed by atoms with Crippen LogP contribution in [0.5, 0.6) is 11.5 Å². The number of fused-ring (bicyclic) bond motifs is 1. The van der Waals surface area contributed by atoms with Crippen LogP contribution in [0.1, 0.15) is 44.9 Å². The number of nitrogens with one attached hydrogen (secondary N) is 2. The van der Waals surface area contributed by atoms with Crippen molar-refractivity contribution in [2.75, 3.05) is 33.2 Å². The summed E-state index contributed by atoms with van der Waals surface area (Å²) in [4.78, 5) is 62.9. The minimum absolute atomic E-state index is 0.175. The van der Waals surface area contributed by atoms with Gasteiger partial charge < -0.3 is 24.8 Å². The van der Waals surface area contributed by atoms with E-state index in [0.29, 0.717) is 11.5 Å². The molecule has 11 heteroatoms. The molecule has 0 fully saturated rings. The molecule has 0 saturated carbocycles. The van der Waals surface area contributed by atoms with E-state index < -0.39 is 42.2 Å². The van der Waals surface area contributed by atoms with Crippen molar-refractivity contribution in [1.82, 2.24) is 10.2 Å². The monoisotopic (exact) mass is 497 g/mol. The Bertz CT molecular complexity index is 1200. The topological polar surface area (TPSA) is 140 Å². The van der Waals surface area contributed by atoms with Crippen LogP contribution in [0.4, 0.5) is 5.69 Å². The molecule has 2 N–H and O–H groups in total. The Morgan fingerprint density at radius 1 is 0.917 bits per heavy atom. The highest BCUT2D eigenvalue weighted by Gasteiger charge is 2.33. The number of hydrogen-bond donors (Lipinski definition) is 2. The molecule has 0 unspecified atom stereocenters. The molecule has 0 aliphatic carbocycles. The molecule has 2 aromatic carbocycles. The van der Waals surface area contributed by atoms with Crippen molar-refractivity contribution in [2.24, 2.45) is 5.92 Å². The maximum absolute atomic E-state index is 12.8. The maximum Gasteiger partial charge on any atom is 0.329 e. The van der Waals surface area contributed by atoms with Gasteiger partial charge in [0.05, 0.1) is 25.3 Å². The fraction of sp³-hybridized carbons (Fsp3) is 0.320. The number of carbonyl (C=O) groups excluding carboxylic acids is 5. The van der Waals surface area contributed by atoms with Gasteiger partial charge in [-0.1, -0.05) is 13.8 Å². The first-order chi connectivity index (χ1) is 17.0. The number of esters is 1. The van der Waals surface area contributed by atoms with Gasteiger partial charge in [0.2, 0.25) is 0 Å². The first kappa shape index (κ1) is 26.2. The molecular weight excluding hydrogens is 470 g/mol. The summed E-state index contributed by atoms with van der Waals surface area (Å²) in [5.41, 5.74) is 0.912. The number of methoxy groups -OCH3 is 2. The van der Waals surface area contributed by atoms with Crippen LogP contribution in [0.25, 0.3) is 0 Å². The van der Waals surface area contributed by atoms with E-state index in [1.165, 1.54) is 51.6 Å². The lowest BCUT2D eigenvalue weighted by atomic mass is 10.0. The summed E-state index contributed by atoms with van der Waals surface area (Å²) in [6.07, 6.45) is 0. The second-order valence-corrected chi connectivity index (χ2v) is 8.38. The smallest absolute Gasteiger partial charge is 0.329 e. The van der Waals surface area contributed by atoms with Gasteiger partial charge in [0, 0.05) is 24.4 Å². The number of rotatable bonds is 9. The fourth-order valence-corrected chi connectivity index (χ4v) is 3.52. The number of nitrogens with zero attached hydrogens (tertiary/aromatic N) is 1. The SMILES string of the molecule is COc1cc(OC)cc(C(=O)N[C@H](C(=O)OCC(=O)Nc2ccc3c(c2)C(=O)N(C)C3=O)C(C)C)c1. The van der Waals surface area contributed by atoms with Gasteiger partial charge in [-0.25, -0.2) is 4.79 Å². The molecule has 2 aromatic rings. The van der Waals surface area contributed by atoms with E-state index in [1.807, 2.05) is 0 Å². The zero-order chi connectivity index (χ0) is 26.6. The predicted molar refractivity (Wildman–Crippen MR) is 128 cm³/mol. The second kappa shape index (κ2) is 10.9. The largest absolute Gasteiger partial charge is 0.497 e. The van der Waals surface area contributed by atoms with Crippen LogP contribution in [0.15, 0.2) is 36.4 Å². The van der Waals surface area contributed by atoms with Crippen LogP contribution in [0.3, 0.4) is 0 Å². The molecule has 0 spiro atoms. The predicted octanol–water partition coefficient (Wildman–Crippen LogP) is 1.87. The van der Waals surface area contributed by atoms with Crippen molar-refractivity contribution in [3.63, 3.8) is 0 Å². The van der Waals surface area contributed by atoms with E-state index in [9.17, 15) is 24.0 Å². The molecule has 11 nitrogen and oxygen atoms in total. The number of hydrogen-bond acceptors (Lipinski definition) is 8. The third kappa shape index (κ3) is 5.62. The van der Waals surface area contributed by atoms with Gasteiger partial charge in [0.15, 0.2) is 6.61 Å². The quantitative estimate of drug-likeness (QED) is 0.395. The first-order valence-electron chi connectivity index (χ1n) is 11.0. The fourth-order valence-electron chi connectivity index (χ4n) is 3.52. The molecule has 3 rings (SSSR count). The zero-order valence-corrected chi connectivity index (χ0v) is 20.5. The van der Waals surface area contributed by atoms with E-state index >= 15 is 0 Å². The van der Waals surface area contributed by atoms with Gasteiger partial charge in [-0.3, -0.25) is 24.1 Å². The minimum Gasteiger partial charge on any atom is -0.497 e. The van der Waals surface area contributed by atoms with Gasteiger partial charge in [-0.15, -0.1) is 0 Å². The highest BCUT2D eigenvalue weighted by Crippen LogP contribution is 2.25. The molecule has 0 radical (unpaired) electrons. The average Bonchev–Trinajstić information content (AvgIpc) is 3.08. The summed E-state index contributed by atoms with van der Waals surface area (Å²) in [6, 6.07) is 7.89. The molecule has 36 heavy (non-hydrogen) atoms. The summed E-state index contributed by atoms with van der Waals surface area (Å²) < 4.78 is 15.5. The number of ether oxygens (including phenoxy) is 3. The first-order valence-corrected chi connectivity index (χ1v) is 11.0. The summed E-state index contributed by atoms with van der Waals surface area (Å²) >= 11 is 0. The molecule has 190 valence electrons. The number of benzene rings is 2. The summed E-state index contributed by atoms with van der Waals surface area (Å²) in [5.74, 6) is -2.41. The highest BCUT2D eigenvalue weighted by molar-refractivity contribution is 6.21. The van der Waals surface area contributed by atoms with Crippen molar-refractivity contribution in [1.29, 1.82) is 0 Å². The van der Waals surface area contributed by atoms with Crippen molar-refractivity contribution < 1.29 is 38.2 Å². The Hall–Kier alpha value is -4.41. The maximum atomic E-state index is 12.8. The van der Waals surface area contributed by atoms with Gasteiger partial charge >= 0.3 is 5.97 Å². The van der Waals surface area contributed by atoms with Gasteiger partial charge in [0.1, 0.15) is 17.5 Å². The standard InChI is InChI=1S/C25H27N3O8/c1-13(2)21(27-22(30)14-8-16(34-4)11-17(9-14)35-5)25(33)36-12-20(29)26-15-6-7-18-19(10-15)24(32)28(3)23(18)31/h6-11,13,21H,12H2,1-5H3,(H,26,29)(H,27,30)/t21-/m0/s1. The van der Waals surface area contributed by atoms with Gasteiger partial charge in [-0.05, 0) is 36.2 Å². The summed E-state index contributed by atoms with van der Waals surface area (Å²) in [6.45, 7) is 2.82. The molecule has 0 aromatic heterocycles. The van der Waals surface area contributed by atoms with Gasteiger partial charge in [0.25, 0.3) is 23.6 Å². The molecular formula is C25H27N3O8. The third-order valence-electron chi connectivity index (χ3n) is 5.54. The van der Waals surface area contributed by atoms with Crippen LogP contribution in [0, 0.1) is 5.92 Å². The van der Waals surface area contributed by atoms with Gasteiger partial charge in [-0.2, -0.15) is 0 Å². The van der Waals surface area contributed by atoms with E-state index in [2.05, 4.69) is 10.6 Å². The Kier molecular flexibility index (Phi) is 7.93. The lowest BCUT2D eigenvalue weighted by Gasteiger charge is -2.21. The molecule has 1 heterocycles. The third-order valence-corrected chi connectivity index (χ3v) is 5.54. The molecule has 4 amide bonds. The average molecular weight is 498 g/mol. The molecule has 1 aliphatic heterocycles. The van der Waals surface area contributed by atoms with E-state index in [4.69, 9.17) is 14.2 Å². The lowest BCUT2D eigenvalue weighted by molar-refractivity contribution is -0.150. The Balaban J connectivity index is 1.61. The molecule has 0 bridgehead atoms. The van der Waals surface area contributed by atoms with E-state index in [0.717, 1.165) is 4.90 Å². The number of imide groups is 1. The second-order valence-electron chi connectivity index (χ2n) is 8.38. The van der Waals surface area contributed by atoms with Crippen LogP contribution in [-0.4, -0.2) is 68.4 Å². The van der Waals surface area contributed by atoms with Crippen LogP contribution in [-0.2, 0) is 14.3 Å². The van der Waals surface area contributed by atoms with Crippen LogP contribution in [0.2, 0.25) is 0 Å². The number of anilines is 1. The zero-order valence-electron chi connectivity index (χ0n) is 20.5. The Morgan fingerprint density at radius 3 is 2.11 bits per heavy atom. The lowest BCUT2D eigenvalue weighted by Crippen LogP contribution is -2.46. The highest BCUT2D eigenvalue weighted by atomic mass is 16.5. The number of amides is 4. The molecule has 1 atom stereocenters. The Morgan fingerprint density at radius 2 is 1.53 bits per heavy atom. The number of carbonyl (C=O) groups is 5. The van der Waals surface area contributed by atoms with E-state index in [-0.39, 0.29) is 28.3 Å². The summed E-state index contributed by atoms with van der Waals surface area (Å²) in [5, 5.41) is 5.14. The minimum atomic E-state index is -1.03. The van der Waals surface area contributed by atoms with Crippen LogP contribution >= 0.6 is 0 Å².